The van der Waals surface area contributed by atoms with Crippen LogP contribution < -0.4 is 4.72 Å². The van der Waals surface area contributed by atoms with E-state index in [0.717, 1.165) is 6.26 Å². The minimum Gasteiger partial charge on any atom is -0.478 e. The molecule has 1 aromatic carbocycles. The van der Waals surface area contributed by atoms with Crippen LogP contribution in [-0.4, -0.2) is 25.7 Å². The summed E-state index contributed by atoms with van der Waals surface area (Å²) in [7, 11) is -3.33. The van der Waals surface area contributed by atoms with Gasteiger partial charge < -0.3 is 5.11 Å². The van der Waals surface area contributed by atoms with Gasteiger partial charge in [-0.2, -0.15) is 0 Å². The van der Waals surface area contributed by atoms with Gasteiger partial charge in [0.25, 0.3) is 0 Å². The van der Waals surface area contributed by atoms with Crippen molar-refractivity contribution in [3.8, 4) is 0 Å². The molecule has 0 aliphatic carbocycles. The van der Waals surface area contributed by atoms with E-state index in [2.05, 4.69) is 4.72 Å². The van der Waals surface area contributed by atoms with Crippen molar-refractivity contribution in [2.75, 3.05) is 11.0 Å². The minimum absolute atomic E-state index is 0.182. The molecule has 0 atom stereocenters. The zero-order chi connectivity index (χ0) is 13.1. The summed E-state index contributed by atoms with van der Waals surface area (Å²) in [6, 6.07) is 6.50. The summed E-state index contributed by atoms with van der Waals surface area (Å²) < 4.78 is 24.4. The average Bonchev–Trinajstić information content (AvgIpc) is 2.15. The number of carboxylic acid groups (broad SMARTS) is 1. The monoisotopic (exact) mass is 255 g/mol. The first-order chi connectivity index (χ1) is 7.78. The van der Waals surface area contributed by atoms with Gasteiger partial charge in [-0.15, -0.1) is 0 Å². The summed E-state index contributed by atoms with van der Waals surface area (Å²) in [5, 5.41) is 8.72. The molecule has 0 saturated carbocycles. The van der Waals surface area contributed by atoms with Gasteiger partial charge in [0.05, 0.1) is 6.26 Å². The Morgan fingerprint density at radius 1 is 1.41 bits per heavy atom. The molecule has 0 bridgehead atoms. The number of carbonyl (C=O) groups is 1. The van der Waals surface area contributed by atoms with Crippen LogP contribution in [-0.2, 0) is 14.8 Å². The first-order valence-electron chi connectivity index (χ1n) is 4.77. The van der Waals surface area contributed by atoms with E-state index in [1.807, 2.05) is 0 Å². The van der Waals surface area contributed by atoms with Crippen LogP contribution in [0, 0.1) is 0 Å². The molecule has 0 aliphatic heterocycles. The van der Waals surface area contributed by atoms with Crippen LogP contribution in [0.15, 0.2) is 29.8 Å². The molecule has 17 heavy (non-hydrogen) atoms. The Hall–Kier alpha value is -1.82. The number of rotatable bonds is 4. The summed E-state index contributed by atoms with van der Waals surface area (Å²) in [6.45, 7) is 1.47. The maximum Gasteiger partial charge on any atom is 0.331 e. The number of carboxylic acids is 1. The molecular formula is C11H13NO4S. The lowest BCUT2D eigenvalue weighted by Crippen LogP contribution is -2.09. The Morgan fingerprint density at radius 3 is 2.59 bits per heavy atom. The largest absolute Gasteiger partial charge is 0.478 e. The molecule has 0 aromatic heterocycles. The van der Waals surface area contributed by atoms with E-state index in [4.69, 9.17) is 5.11 Å². The maximum absolute atomic E-state index is 11.0. The van der Waals surface area contributed by atoms with Gasteiger partial charge in [-0.3, -0.25) is 4.72 Å². The lowest BCUT2D eigenvalue weighted by atomic mass is 10.1. The van der Waals surface area contributed by atoms with Crippen LogP contribution in [0.25, 0.3) is 6.08 Å². The molecule has 0 fully saturated rings. The average molecular weight is 255 g/mol. The third-order valence-corrected chi connectivity index (χ3v) is 2.52. The smallest absolute Gasteiger partial charge is 0.331 e. The number of benzene rings is 1. The van der Waals surface area contributed by atoms with Gasteiger partial charge in [-0.1, -0.05) is 12.1 Å². The molecule has 5 nitrogen and oxygen atoms in total. The van der Waals surface area contributed by atoms with E-state index in [9.17, 15) is 13.2 Å². The first kappa shape index (κ1) is 13.2. The van der Waals surface area contributed by atoms with Crippen molar-refractivity contribution < 1.29 is 18.3 Å². The topological polar surface area (TPSA) is 83.5 Å². The van der Waals surface area contributed by atoms with Crippen molar-refractivity contribution in [1.82, 2.24) is 0 Å². The van der Waals surface area contributed by atoms with Crippen LogP contribution in [0.2, 0.25) is 0 Å². The molecular weight excluding hydrogens is 242 g/mol. The Morgan fingerprint density at radius 2 is 2.06 bits per heavy atom. The number of sulfonamides is 1. The predicted octanol–water partition coefficient (Wildman–Crippen LogP) is 1.55. The molecule has 0 radical (unpaired) electrons. The number of aliphatic carboxylic acids is 1. The predicted molar refractivity (Wildman–Crippen MR) is 66.2 cm³/mol. The van der Waals surface area contributed by atoms with Gasteiger partial charge in [-0.05, 0) is 30.7 Å². The molecule has 6 heteroatoms. The third-order valence-electron chi connectivity index (χ3n) is 1.91. The van der Waals surface area contributed by atoms with E-state index >= 15 is 0 Å². The highest BCUT2D eigenvalue weighted by Crippen LogP contribution is 2.14. The van der Waals surface area contributed by atoms with E-state index in [1.54, 1.807) is 24.3 Å². The van der Waals surface area contributed by atoms with Crippen LogP contribution in [0.4, 0.5) is 5.69 Å². The van der Waals surface area contributed by atoms with Gasteiger partial charge >= 0.3 is 5.97 Å². The molecule has 0 saturated heterocycles. The fourth-order valence-corrected chi connectivity index (χ4v) is 1.77. The van der Waals surface area contributed by atoms with E-state index < -0.39 is 16.0 Å². The SMILES string of the molecule is CC(=Cc1cccc(NS(C)(=O)=O)c1)C(=O)O. The summed E-state index contributed by atoms with van der Waals surface area (Å²) >= 11 is 0. The summed E-state index contributed by atoms with van der Waals surface area (Å²) in [6.07, 6.45) is 2.52. The van der Waals surface area contributed by atoms with Crippen LogP contribution in [0.1, 0.15) is 12.5 Å². The Kier molecular flexibility index (Phi) is 3.90. The van der Waals surface area contributed by atoms with Gasteiger partial charge in [-0.25, -0.2) is 13.2 Å². The second-order valence-electron chi connectivity index (χ2n) is 3.63. The number of nitrogens with one attached hydrogen (secondary N) is 1. The first-order valence-corrected chi connectivity index (χ1v) is 6.66. The van der Waals surface area contributed by atoms with E-state index in [0.29, 0.717) is 11.3 Å². The normalized spacial score (nSPS) is 12.2. The fourth-order valence-electron chi connectivity index (χ4n) is 1.22. The maximum atomic E-state index is 11.0. The summed E-state index contributed by atoms with van der Waals surface area (Å²) in [5.74, 6) is -1.01. The van der Waals surface area contributed by atoms with Crippen molar-refractivity contribution in [3.63, 3.8) is 0 Å². The van der Waals surface area contributed by atoms with Crippen molar-refractivity contribution in [2.45, 2.75) is 6.92 Å². The van der Waals surface area contributed by atoms with E-state index in [1.165, 1.54) is 13.0 Å². The lowest BCUT2D eigenvalue weighted by Gasteiger charge is -2.04. The highest BCUT2D eigenvalue weighted by Gasteiger charge is 2.03. The Labute approximate surface area is 99.8 Å². The molecule has 0 amide bonds. The van der Waals surface area contributed by atoms with Crippen molar-refractivity contribution in [2.24, 2.45) is 0 Å². The van der Waals surface area contributed by atoms with Gasteiger partial charge in [0.1, 0.15) is 0 Å². The zero-order valence-electron chi connectivity index (χ0n) is 9.47. The molecule has 92 valence electrons. The molecule has 2 N–H and O–H groups in total. The molecule has 1 rings (SSSR count). The molecule has 0 unspecified atom stereocenters. The summed E-state index contributed by atoms with van der Waals surface area (Å²) in [5.41, 5.74) is 1.21. The molecule has 0 heterocycles. The van der Waals surface area contributed by atoms with Crippen LogP contribution in [0.3, 0.4) is 0 Å². The summed E-state index contributed by atoms with van der Waals surface area (Å²) in [4.78, 5) is 10.6. The van der Waals surface area contributed by atoms with Crippen LogP contribution in [0.5, 0.6) is 0 Å². The number of anilines is 1. The van der Waals surface area contributed by atoms with Crippen molar-refractivity contribution in [3.05, 3.63) is 35.4 Å². The minimum atomic E-state index is -3.33. The fraction of sp³-hybridized carbons (Fsp3) is 0.182. The number of hydrogen-bond acceptors (Lipinski definition) is 3. The Balaban J connectivity index is 3.02. The molecule has 1 aromatic rings. The second-order valence-corrected chi connectivity index (χ2v) is 5.38. The standard InChI is InChI=1S/C11H13NO4S/c1-8(11(13)14)6-9-4-3-5-10(7-9)12-17(2,15)16/h3-7,12H,1-2H3,(H,13,14). The lowest BCUT2D eigenvalue weighted by molar-refractivity contribution is -0.132. The quantitative estimate of drug-likeness (QED) is 0.799. The van der Waals surface area contributed by atoms with Crippen molar-refractivity contribution >= 4 is 27.8 Å². The second kappa shape index (κ2) is 5.01. The highest BCUT2D eigenvalue weighted by atomic mass is 32.2. The third kappa shape index (κ3) is 4.69. The number of hydrogen-bond donors (Lipinski definition) is 2. The van der Waals surface area contributed by atoms with E-state index in [-0.39, 0.29) is 5.57 Å². The molecule has 0 aliphatic rings. The van der Waals surface area contributed by atoms with Gasteiger partial charge in [0, 0.05) is 11.3 Å². The zero-order valence-corrected chi connectivity index (χ0v) is 10.3. The van der Waals surface area contributed by atoms with Gasteiger partial charge in [0.15, 0.2) is 0 Å². The van der Waals surface area contributed by atoms with Gasteiger partial charge in [0.2, 0.25) is 10.0 Å². The Bertz CT molecular complexity index is 561. The molecule has 0 spiro atoms. The highest BCUT2D eigenvalue weighted by molar-refractivity contribution is 7.92. The van der Waals surface area contributed by atoms with Crippen LogP contribution >= 0.6 is 0 Å². The van der Waals surface area contributed by atoms with Crippen molar-refractivity contribution in [1.29, 1.82) is 0 Å².